The Balaban J connectivity index is 2.64. The Hall–Kier alpha value is -1.24. The van der Waals surface area contributed by atoms with Crippen LogP contribution in [0.3, 0.4) is 0 Å². The standard InChI is InChI=1S/C22H36O/c1-6-7-8-9-10-11-12-13-14-19-15-20(17(2)3)22(23)21(16-19)18(4)5/h13-18,23H,6-12H2,1-5H3. The Labute approximate surface area is 143 Å². The lowest BCUT2D eigenvalue weighted by atomic mass is 9.91. The van der Waals surface area contributed by atoms with Crippen LogP contribution in [0.2, 0.25) is 0 Å². The van der Waals surface area contributed by atoms with E-state index in [4.69, 9.17) is 0 Å². The molecule has 0 heterocycles. The lowest BCUT2D eigenvalue weighted by molar-refractivity contribution is 0.454. The SMILES string of the molecule is CCCCCCCCC=Cc1cc(C(C)C)c(O)c(C(C)C)c1. The Morgan fingerprint density at radius 1 is 0.870 bits per heavy atom. The van der Waals surface area contributed by atoms with Gasteiger partial charge in [0.25, 0.3) is 0 Å². The third-order valence-corrected chi connectivity index (χ3v) is 4.47. The quantitative estimate of drug-likeness (QED) is 0.446. The fourth-order valence-corrected chi connectivity index (χ4v) is 2.94. The molecule has 0 bridgehead atoms. The van der Waals surface area contributed by atoms with Crippen LogP contribution in [0, 0.1) is 0 Å². The van der Waals surface area contributed by atoms with Gasteiger partial charge in [-0.2, -0.15) is 0 Å². The van der Waals surface area contributed by atoms with Gasteiger partial charge in [0.2, 0.25) is 0 Å². The normalized spacial score (nSPS) is 12.0. The van der Waals surface area contributed by atoms with Crippen molar-refractivity contribution in [1.29, 1.82) is 0 Å². The zero-order valence-corrected chi connectivity index (χ0v) is 15.9. The molecule has 0 amide bonds. The number of aromatic hydroxyl groups is 1. The molecule has 0 unspecified atom stereocenters. The molecule has 130 valence electrons. The van der Waals surface area contributed by atoms with Crippen LogP contribution in [0.25, 0.3) is 6.08 Å². The van der Waals surface area contributed by atoms with Gasteiger partial charge in [-0.25, -0.2) is 0 Å². The summed E-state index contributed by atoms with van der Waals surface area (Å²) in [6, 6.07) is 4.28. The zero-order chi connectivity index (χ0) is 17.2. The largest absolute Gasteiger partial charge is 0.507 e. The van der Waals surface area contributed by atoms with E-state index >= 15 is 0 Å². The van der Waals surface area contributed by atoms with Gasteiger partial charge in [-0.1, -0.05) is 78.9 Å². The van der Waals surface area contributed by atoms with Crippen molar-refractivity contribution in [2.75, 3.05) is 0 Å². The van der Waals surface area contributed by atoms with E-state index in [0.717, 1.165) is 17.5 Å². The van der Waals surface area contributed by atoms with E-state index in [0.29, 0.717) is 17.6 Å². The molecule has 0 saturated heterocycles. The Bertz CT molecular complexity index is 454. The van der Waals surface area contributed by atoms with Gasteiger partial charge >= 0.3 is 0 Å². The maximum Gasteiger partial charge on any atom is 0.122 e. The molecule has 0 aliphatic heterocycles. The lowest BCUT2D eigenvalue weighted by Crippen LogP contribution is -1.96. The summed E-state index contributed by atoms with van der Waals surface area (Å²) in [4.78, 5) is 0. The zero-order valence-electron chi connectivity index (χ0n) is 15.9. The molecule has 0 aliphatic rings. The summed E-state index contributed by atoms with van der Waals surface area (Å²) < 4.78 is 0. The first kappa shape index (κ1) is 19.8. The first-order chi connectivity index (χ1) is 11.0. The first-order valence-corrected chi connectivity index (χ1v) is 9.50. The monoisotopic (exact) mass is 316 g/mol. The van der Waals surface area contributed by atoms with Crippen molar-refractivity contribution in [3.63, 3.8) is 0 Å². The van der Waals surface area contributed by atoms with Crippen LogP contribution < -0.4 is 0 Å². The molecule has 1 rings (SSSR count). The van der Waals surface area contributed by atoms with Crippen LogP contribution in [0.5, 0.6) is 5.75 Å². The molecule has 1 N–H and O–H groups in total. The third-order valence-electron chi connectivity index (χ3n) is 4.47. The van der Waals surface area contributed by atoms with Gasteiger partial charge in [0.05, 0.1) is 0 Å². The number of phenols is 1. The van der Waals surface area contributed by atoms with Gasteiger partial charge in [0.15, 0.2) is 0 Å². The second-order valence-corrected chi connectivity index (χ2v) is 7.32. The van der Waals surface area contributed by atoms with Crippen LogP contribution in [-0.4, -0.2) is 5.11 Å². The molecule has 1 nitrogen and oxygen atoms in total. The van der Waals surface area contributed by atoms with Gasteiger partial charge in [0, 0.05) is 0 Å². The molecule has 1 aromatic carbocycles. The van der Waals surface area contributed by atoms with Crippen LogP contribution in [0.4, 0.5) is 0 Å². The highest BCUT2D eigenvalue weighted by Crippen LogP contribution is 2.35. The number of unbranched alkanes of at least 4 members (excludes halogenated alkanes) is 6. The fourth-order valence-electron chi connectivity index (χ4n) is 2.94. The number of phenolic OH excluding ortho intramolecular Hbond substituents is 1. The maximum atomic E-state index is 10.4. The molecule has 0 fully saturated rings. The van der Waals surface area contributed by atoms with Gasteiger partial charge < -0.3 is 5.11 Å². The van der Waals surface area contributed by atoms with E-state index in [9.17, 15) is 5.11 Å². The molecule has 1 aromatic rings. The third kappa shape index (κ3) is 6.81. The van der Waals surface area contributed by atoms with Crippen molar-refractivity contribution < 1.29 is 5.11 Å². The van der Waals surface area contributed by atoms with Gasteiger partial charge in [-0.05, 0) is 53.5 Å². The number of allylic oxidation sites excluding steroid dienone is 1. The minimum Gasteiger partial charge on any atom is -0.507 e. The highest BCUT2D eigenvalue weighted by Gasteiger charge is 2.14. The number of hydrogen-bond donors (Lipinski definition) is 1. The first-order valence-electron chi connectivity index (χ1n) is 9.50. The van der Waals surface area contributed by atoms with Crippen molar-refractivity contribution in [2.24, 2.45) is 0 Å². The van der Waals surface area contributed by atoms with Crippen molar-refractivity contribution in [3.8, 4) is 5.75 Å². The molecular formula is C22H36O. The second kappa shape index (κ2) is 10.5. The molecule has 0 spiro atoms. The van der Waals surface area contributed by atoms with Crippen LogP contribution in [0.15, 0.2) is 18.2 Å². The molecule has 23 heavy (non-hydrogen) atoms. The highest BCUT2D eigenvalue weighted by molar-refractivity contribution is 5.57. The molecule has 0 radical (unpaired) electrons. The lowest BCUT2D eigenvalue weighted by Gasteiger charge is -2.16. The van der Waals surface area contributed by atoms with E-state index in [1.54, 1.807) is 0 Å². The summed E-state index contributed by atoms with van der Waals surface area (Å²) >= 11 is 0. The second-order valence-electron chi connectivity index (χ2n) is 7.32. The summed E-state index contributed by atoms with van der Waals surface area (Å²) in [6.45, 7) is 10.8. The van der Waals surface area contributed by atoms with E-state index in [1.807, 2.05) is 0 Å². The molecule has 0 aromatic heterocycles. The summed E-state index contributed by atoms with van der Waals surface area (Å²) in [6.07, 6.45) is 13.7. The minimum atomic E-state index is 0.347. The average molecular weight is 317 g/mol. The van der Waals surface area contributed by atoms with Crippen LogP contribution in [0.1, 0.15) is 108 Å². The van der Waals surface area contributed by atoms with Crippen LogP contribution >= 0.6 is 0 Å². The van der Waals surface area contributed by atoms with Crippen LogP contribution in [-0.2, 0) is 0 Å². The van der Waals surface area contributed by atoms with Crippen molar-refractivity contribution in [1.82, 2.24) is 0 Å². The van der Waals surface area contributed by atoms with E-state index < -0.39 is 0 Å². The van der Waals surface area contributed by atoms with Gasteiger partial charge in [0.1, 0.15) is 5.75 Å². The van der Waals surface area contributed by atoms with E-state index in [-0.39, 0.29) is 0 Å². The summed E-state index contributed by atoms with van der Waals surface area (Å²) in [5.41, 5.74) is 3.35. The van der Waals surface area contributed by atoms with Crippen molar-refractivity contribution in [2.45, 2.75) is 91.4 Å². The highest BCUT2D eigenvalue weighted by atomic mass is 16.3. The van der Waals surface area contributed by atoms with Gasteiger partial charge in [-0.15, -0.1) is 0 Å². The number of rotatable bonds is 10. The van der Waals surface area contributed by atoms with Crippen molar-refractivity contribution >= 4 is 6.08 Å². The molecule has 0 saturated carbocycles. The number of hydrogen-bond acceptors (Lipinski definition) is 1. The Morgan fingerprint density at radius 3 is 1.91 bits per heavy atom. The van der Waals surface area contributed by atoms with E-state index in [1.165, 1.54) is 44.1 Å². The topological polar surface area (TPSA) is 20.2 Å². The Kier molecular flexibility index (Phi) is 9.06. The fraction of sp³-hybridized carbons (Fsp3) is 0.636. The molecule has 0 atom stereocenters. The van der Waals surface area contributed by atoms with E-state index in [2.05, 4.69) is 58.9 Å². The summed E-state index contributed by atoms with van der Waals surface area (Å²) in [5.74, 6) is 1.18. The average Bonchev–Trinajstić information content (AvgIpc) is 2.50. The minimum absolute atomic E-state index is 0.347. The number of benzene rings is 1. The Morgan fingerprint density at radius 2 is 1.39 bits per heavy atom. The maximum absolute atomic E-state index is 10.4. The summed E-state index contributed by atoms with van der Waals surface area (Å²) in [5, 5.41) is 10.4. The summed E-state index contributed by atoms with van der Waals surface area (Å²) in [7, 11) is 0. The smallest absolute Gasteiger partial charge is 0.122 e. The predicted octanol–water partition coefficient (Wildman–Crippen LogP) is 7.40. The van der Waals surface area contributed by atoms with Crippen molar-refractivity contribution in [3.05, 3.63) is 34.9 Å². The molecule has 1 heteroatoms. The predicted molar refractivity (Wildman–Crippen MR) is 103 cm³/mol. The van der Waals surface area contributed by atoms with Gasteiger partial charge in [-0.3, -0.25) is 0 Å². The molecule has 0 aliphatic carbocycles. The molecular weight excluding hydrogens is 280 g/mol.